The number of hydrogen-bond acceptors (Lipinski definition) is 2. The molecule has 15 heavy (non-hydrogen) atoms. The summed E-state index contributed by atoms with van der Waals surface area (Å²) in [7, 11) is 0. The molecule has 1 heterocycles. The highest BCUT2D eigenvalue weighted by atomic mass is 35.5. The van der Waals surface area contributed by atoms with Gasteiger partial charge in [0, 0.05) is 16.6 Å². The van der Waals surface area contributed by atoms with E-state index in [-0.39, 0.29) is 12.4 Å². The van der Waals surface area contributed by atoms with Gasteiger partial charge in [-0.1, -0.05) is 24.3 Å². The molecule has 0 saturated carbocycles. The molecule has 0 aliphatic carbocycles. The van der Waals surface area contributed by atoms with Crippen LogP contribution in [0.4, 0.5) is 0 Å². The zero-order valence-corrected chi connectivity index (χ0v) is 10.6. The van der Waals surface area contributed by atoms with Crippen molar-refractivity contribution in [2.45, 2.75) is 12.8 Å². The van der Waals surface area contributed by atoms with E-state index in [1.165, 1.54) is 11.1 Å². The van der Waals surface area contributed by atoms with Crippen LogP contribution in [0.3, 0.4) is 0 Å². The molecule has 0 bridgehead atoms. The minimum atomic E-state index is 0. The van der Waals surface area contributed by atoms with E-state index < -0.39 is 0 Å². The van der Waals surface area contributed by atoms with Crippen LogP contribution in [0.15, 0.2) is 30.5 Å². The number of aromatic nitrogens is 1. The molecule has 0 radical (unpaired) electrons. The fourth-order valence-corrected chi connectivity index (χ4v) is 2.39. The maximum atomic E-state index is 5.74. The molecule has 2 aromatic rings. The van der Waals surface area contributed by atoms with E-state index in [9.17, 15) is 0 Å². The summed E-state index contributed by atoms with van der Waals surface area (Å²) in [6, 6.07) is 8.25. The van der Waals surface area contributed by atoms with Crippen molar-refractivity contribution in [3.8, 4) is 10.6 Å². The van der Waals surface area contributed by atoms with Crippen molar-refractivity contribution in [2.24, 2.45) is 0 Å². The highest BCUT2D eigenvalue weighted by molar-refractivity contribution is 7.15. The van der Waals surface area contributed by atoms with Crippen LogP contribution in [0.5, 0.6) is 0 Å². The summed E-state index contributed by atoms with van der Waals surface area (Å²) >= 11 is 7.39. The summed E-state index contributed by atoms with van der Waals surface area (Å²) in [4.78, 5) is 5.47. The molecule has 0 aliphatic rings. The Bertz CT molecular complexity index is 440. The summed E-state index contributed by atoms with van der Waals surface area (Å²) in [5.41, 5.74) is 2.46. The van der Waals surface area contributed by atoms with Crippen molar-refractivity contribution in [1.82, 2.24) is 4.98 Å². The molecular formula is C11H11Cl2NS. The first-order chi connectivity index (χ1) is 6.81. The molecule has 80 valence electrons. The van der Waals surface area contributed by atoms with Gasteiger partial charge in [-0.15, -0.1) is 35.3 Å². The van der Waals surface area contributed by atoms with E-state index in [1.807, 2.05) is 18.3 Å². The lowest BCUT2D eigenvalue weighted by Gasteiger charge is -1.99. The standard InChI is InChI=1S/C11H10ClNS.ClH/c1-8-4-2-3-5-10(8)11-13-7-9(6-12)14-11;/h2-5,7H,6H2,1H3;1H. The van der Waals surface area contributed by atoms with Crippen molar-refractivity contribution in [2.75, 3.05) is 0 Å². The Balaban J connectivity index is 0.00000112. The Morgan fingerprint density at radius 1 is 1.33 bits per heavy atom. The van der Waals surface area contributed by atoms with Crippen LogP contribution >= 0.6 is 35.3 Å². The molecule has 1 nitrogen and oxygen atoms in total. The Hall–Kier alpha value is -0.570. The van der Waals surface area contributed by atoms with Crippen molar-refractivity contribution in [3.05, 3.63) is 40.9 Å². The molecule has 0 atom stereocenters. The predicted octanol–water partition coefficient (Wildman–Crippen LogP) is 4.28. The SMILES string of the molecule is Cc1ccccc1-c1ncc(CCl)s1.Cl. The second kappa shape index (κ2) is 5.50. The fraction of sp³-hybridized carbons (Fsp3) is 0.182. The van der Waals surface area contributed by atoms with Gasteiger partial charge in [0.15, 0.2) is 0 Å². The van der Waals surface area contributed by atoms with Crippen LogP contribution in [0.2, 0.25) is 0 Å². The number of benzene rings is 1. The molecule has 1 aromatic carbocycles. The first kappa shape index (κ1) is 12.5. The van der Waals surface area contributed by atoms with Gasteiger partial charge in [0.1, 0.15) is 5.01 Å². The average molecular weight is 260 g/mol. The van der Waals surface area contributed by atoms with Gasteiger partial charge in [0.25, 0.3) is 0 Å². The van der Waals surface area contributed by atoms with Crippen molar-refractivity contribution in [3.63, 3.8) is 0 Å². The van der Waals surface area contributed by atoms with Crippen molar-refractivity contribution in [1.29, 1.82) is 0 Å². The molecule has 0 spiro atoms. The van der Waals surface area contributed by atoms with Gasteiger partial charge in [0.05, 0.1) is 5.88 Å². The van der Waals surface area contributed by atoms with Gasteiger partial charge < -0.3 is 0 Å². The summed E-state index contributed by atoms with van der Waals surface area (Å²) in [6.45, 7) is 2.09. The minimum Gasteiger partial charge on any atom is -0.244 e. The number of thiazole rings is 1. The number of rotatable bonds is 2. The fourth-order valence-electron chi connectivity index (χ4n) is 1.31. The molecule has 0 N–H and O–H groups in total. The van der Waals surface area contributed by atoms with Gasteiger partial charge in [0.2, 0.25) is 0 Å². The molecular weight excluding hydrogens is 249 g/mol. The van der Waals surface area contributed by atoms with E-state index in [2.05, 4.69) is 24.0 Å². The van der Waals surface area contributed by atoms with Gasteiger partial charge in [-0.25, -0.2) is 4.98 Å². The Kier molecular flexibility index (Phi) is 4.58. The third-order valence-corrected chi connectivity index (χ3v) is 3.54. The number of alkyl halides is 1. The zero-order valence-electron chi connectivity index (χ0n) is 8.24. The summed E-state index contributed by atoms with van der Waals surface area (Å²) < 4.78 is 0. The highest BCUT2D eigenvalue weighted by Crippen LogP contribution is 2.28. The van der Waals surface area contributed by atoms with Gasteiger partial charge in [-0.2, -0.15) is 0 Å². The first-order valence-electron chi connectivity index (χ1n) is 4.38. The van der Waals surface area contributed by atoms with Crippen LogP contribution in [-0.4, -0.2) is 4.98 Å². The highest BCUT2D eigenvalue weighted by Gasteiger charge is 2.05. The van der Waals surface area contributed by atoms with Crippen molar-refractivity contribution < 1.29 is 0 Å². The van der Waals surface area contributed by atoms with Gasteiger partial charge in [-0.3, -0.25) is 0 Å². The van der Waals surface area contributed by atoms with E-state index in [4.69, 9.17) is 11.6 Å². The molecule has 1 aromatic heterocycles. The molecule has 4 heteroatoms. The second-order valence-corrected chi connectivity index (χ2v) is 4.46. The summed E-state index contributed by atoms with van der Waals surface area (Å²) in [6.07, 6.45) is 1.85. The first-order valence-corrected chi connectivity index (χ1v) is 5.73. The number of aryl methyl sites for hydroxylation is 1. The average Bonchev–Trinajstić information content (AvgIpc) is 2.67. The largest absolute Gasteiger partial charge is 0.244 e. The molecule has 0 fully saturated rings. The molecule has 0 amide bonds. The van der Waals surface area contributed by atoms with Crippen LogP contribution in [0, 0.1) is 6.92 Å². The lowest BCUT2D eigenvalue weighted by atomic mass is 10.1. The molecule has 0 unspecified atom stereocenters. The predicted molar refractivity (Wildman–Crippen MR) is 69.1 cm³/mol. The number of nitrogens with zero attached hydrogens (tertiary/aromatic N) is 1. The Morgan fingerprint density at radius 2 is 2.07 bits per heavy atom. The van der Waals surface area contributed by atoms with E-state index >= 15 is 0 Å². The van der Waals surface area contributed by atoms with Gasteiger partial charge >= 0.3 is 0 Å². The van der Waals surface area contributed by atoms with Crippen molar-refractivity contribution >= 4 is 35.3 Å². The van der Waals surface area contributed by atoms with Crippen LogP contribution in [0.1, 0.15) is 10.4 Å². The maximum Gasteiger partial charge on any atom is 0.123 e. The van der Waals surface area contributed by atoms with E-state index in [0.29, 0.717) is 5.88 Å². The smallest absolute Gasteiger partial charge is 0.123 e. The summed E-state index contributed by atoms with van der Waals surface area (Å²) in [5.74, 6) is 0.545. The van der Waals surface area contributed by atoms with Crippen LogP contribution in [-0.2, 0) is 5.88 Å². The van der Waals surface area contributed by atoms with Crippen LogP contribution in [0.25, 0.3) is 10.6 Å². The van der Waals surface area contributed by atoms with E-state index in [1.54, 1.807) is 11.3 Å². The normalized spacial score (nSPS) is 9.73. The zero-order chi connectivity index (χ0) is 9.97. The quantitative estimate of drug-likeness (QED) is 0.734. The number of halogens is 2. The number of hydrogen-bond donors (Lipinski definition) is 0. The maximum absolute atomic E-state index is 5.74. The van der Waals surface area contributed by atoms with E-state index in [0.717, 1.165) is 9.88 Å². The second-order valence-electron chi connectivity index (χ2n) is 3.08. The molecule has 2 rings (SSSR count). The lowest BCUT2D eigenvalue weighted by molar-refractivity contribution is 1.35. The Morgan fingerprint density at radius 3 is 2.67 bits per heavy atom. The third kappa shape index (κ3) is 2.71. The monoisotopic (exact) mass is 259 g/mol. The minimum absolute atomic E-state index is 0. The topological polar surface area (TPSA) is 12.9 Å². The van der Waals surface area contributed by atoms with Crippen LogP contribution < -0.4 is 0 Å². The van der Waals surface area contributed by atoms with Gasteiger partial charge in [-0.05, 0) is 12.5 Å². The summed E-state index contributed by atoms with van der Waals surface area (Å²) in [5, 5.41) is 1.05. The third-order valence-electron chi connectivity index (χ3n) is 2.06. The Labute approximate surface area is 105 Å². The molecule has 0 aliphatic heterocycles. The lowest BCUT2D eigenvalue weighted by Crippen LogP contribution is -1.79. The molecule has 0 saturated heterocycles.